The lowest BCUT2D eigenvalue weighted by Crippen LogP contribution is -2.29. The summed E-state index contributed by atoms with van der Waals surface area (Å²) < 4.78 is 7.68. The van der Waals surface area contributed by atoms with Crippen molar-refractivity contribution < 1.29 is 9.53 Å². The van der Waals surface area contributed by atoms with Gasteiger partial charge in [0.05, 0.1) is 30.7 Å². The fourth-order valence-electron chi connectivity index (χ4n) is 3.73. The van der Waals surface area contributed by atoms with Crippen molar-refractivity contribution in [2.24, 2.45) is 0 Å². The highest BCUT2D eigenvalue weighted by Gasteiger charge is 2.20. The van der Waals surface area contributed by atoms with Gasteiger partial charge in [-0.25, -0.2) is 4.98 Å². The highest BCUT2D eigenvalue weighted by atomic mass is 16.5. The first-order valence-electron chi connectivity index (χ1n) is 10.0. The third kappa shape index (κ3) is 3.92. The van der Waals surface area contributed by atoms with Crippen molar-refractivity contribution in [3.63, 3.8) is 0 Å². The number of hydrogen-bond acceptors (Lipinski definition) is 3. The van der Waals surface area contributed by atoms with Gasteiger partial charge in [-0.15, -0.1) is 0 Å². The molecule has 0 spiro atoms. The molecular formula is C25H25N3O2. The molecule has 1 heterocycles. The Morgan fingerprint density at radius 1 is 1.07 bits per heavy atom. The van der Waals surface area contributed by atoms with Gasteiger partial charge in [-0.2, -0.15) is 0 Å². The minimum absolute atomic E-state index is 0.109. The van der Waals surface area contributed by atoms with Gasteiger partial charge in [-0.3, -0.25) is 4.79 Å². The Kier molecular flexibility index (Phi) is 5.53. The summed E-state index contributed by atoms with van der Waals surface area (Å²) in [6, 6.07) is 23.3. The van der Waals surface area contributed by atoms with Crippen LogP contribution >= 0.6 is 0 Å². The molecule has 0 aliphatic carbocycles. The van der Waals surface area contributed by atoms with Crippen molar-refractivity contribution in [1.82, 2.24) is 14.9 Å². The molecule has 0 aliphatic rings. The van der Waals surface area contributed by atoms with Crippen LogP contribution in [0.2, 0.25) is 0 Å². The summed E-state index contributed by atoms with van der Waals surface area (Å²) in [7, 11) is 1.68. The Hall–Kier alpha value is -3.60. The predicted molar refractivity (Wildman–Crippen MR) is 119 cm³/mol. The number of carbonyl (C=O) groups is 1. The zero-order valence-corrected chi connectivity index (χ0v) is 17.4. The highest BCUT2D eigenvalue weighted by molar-refractivity contribution is 5.94. The Morgan fingerprint density at radius 2 is 1.83 bits per heavy atom. The lowest BCUT2D eigenvalue weighted by atomic mass is 10.1. The molecule has 1 amide bonds. The number of carbonyl (C=O) groups excluding carboxylic acids is 1. The first-order valence-corrected chi connectivity index (χ1v) is 10.0. The maximum absolute atomic E-state index is 12.8. The van der Waals surface area contributed by atoms with Gasteiger partial charge in [0, 0.05) is 11.1 Å². The Bertz CT molecular complexity index is 1200. The lowest BCUT2D eigenvalue weighted by molar-refractivity contribution is 0.0937. The SMILES string of the molecule is COc1ccccc1Cn1c(C(C)NC(=O)c2cccc(C)c2)nc2ccccc21. The molecule has 30 heavy (non-hydrogen) atoms. The van der Waals surface area contributed by atoms with Gasteiger partial charge < -0.3 is 14.6 Å². The van der Waals surface area contributed by atoms with Crippen LogP contribution in [-0.2, 0) is 6.54 Å². The average molecular weight is 399 g/mol. The number of methoxy groups -OCH3 is 1. The molecule has 1 atom stereocenters. The van der Waals surface area contributed by atoms with E-state index in [1.165, 1.54) is 0 Å². The van der Waals surface area contributed by atoms with E-state index in [0.717, 1.165) is 33.7 Å². The first-order chi connectivity index (χ1) is 14.6. The summed E-state index contributed by atoms with van der Waals surface area (Å²) in [5.74, 6) is 1.53. The van der Waals surface area contributed by atoms with E-state index in [0.29, 0.717) is 12.1 Å². The van der Waals surface area contributed by atoms with Crippen LogP contribution in [-0.4, -0.2) is 22.6 Å². The number of hydrogen-bond donors (Lipinski definition) is 1. The number of aromatic nitrogens is 2. The van der Waals surface area contributed by atoms with Gasteiger partial charge in [-0.05, 0) is 44.2 Å². The fourth-order valence-corrected chi connectivity index (χ4v) is 3.73. The largest absolute Gasteiger partial charge is 0.496 e. The molecule has 1 unspecified atom stereocenters. The topological polar surface area (TPSA) is 56.1 Å². The van der Waals surface area contributed by atoms with Gasteiger partial charge in [-0.1, -0.05) is 48.0 Å². The van der Waals surface area contributed by atoms with Crippen LogP contribution < -0.4 is 10.1 Å². The van der Waals surface area contributed by atoms with E-state index in [1.54, 1.807) is 7.11 Å². The number of para-hydroxylation sites is 3. The number of rotatable bonds is 6. The minimum atomic E-state index is -0.264. The number of benzene rings is 3. The van der Waals surface area contributed by atoms with Crippen LogP contribution in [0.4, 0.5) is 0 Å². The molecule has 0 saturated carbocycles. The van der Waals surface area contributed by atoms with E-state index in [2.05, 4.69) is 16.0 Å². The molecule has 1 N–H and O–H groups in total. The molecule has 0 aliphatic heterocycles. The monoisotopic (exact) mass is 399 g/mol. The number of fused-ring (bicyclic) bond motifs is 1. The Labute approximate surface area is 176 Å². The van der Waals surface area contributed by atoms with E-state index < -0.39 is 0 Å². The van der Waals surface area contributed by atoms with E-state index in [1.807, 2.05) is 80.6 Å². The third-order valence-electron chi connectivity index (χ3n) is 5.22. The standard InChI is InChI=1S/C25H25N3O2/c1-17-9-8-11-19(15-17)25(29)26-18(2)24-27-21-12-5-6-13-22(21)28(24)16-20-10-4-7-14-23(20)30-3/h4-15,18H,16H2,1-3H3,(H,26,29). The number of nitrogens with zero attached hydrogens (tertiary/aromatic N) is 2. The quantitative estimate of drug-likeness (QED) is 0.502. The highest BCUT2D eigenvalue weighted by Crippen LogP contribution is 2.25. The second kappa shape index (κ2) is 8.41. The molecule has 3 aromatic carbocycles. The van der Waals surface area contributed by atoms with E-state index in [-0.39, 0.29) is 11.9 Å². The fraction of sp³-hybridized carbons (Fsp3) is 0.200. The molecule has 5 nitrogen and oxygen atoms in total. The Balaban J connectivity index is 1.69. The predicted octanol–water partition coefficient (Wildman–Crippen LogP) is 4.89. The summed E-state index contributed by atoms with van der Waals surface area (Å²) in [5.41, 5.74) is 4.68. The van der Waals surface area contributed by atoms with Crippen LogP contribution in [0.5, 0.6) is 5.75 Å². The number of aryl methyl sites for hydroxylation is 1. The molecule has 0 saturated heterocycles. The normalized spacial score (nSPS) is 12.0. The smallest absolute Gasteiger partial charge is 0.251 e. The van der Waals surface area contributed by atoms with Crippen molar-refractivity contribution in [1.29, 1.82) is 0 Å². The molecule has 0 fully saturated rings. The van der Waals surface area contributed by atoms with Gasteiger partial charge in [0.1, 0.15) is 11.6 Å². The van der Waals surface area contributed by atoms with Crippen molar-refractivity contribution in [3.8, 4) is 5.75 Å². The number of amides is 1. The third-order valence-corrected chi connectivity index (χ3v) is 5.22. The van der Waals surface area contributed by atoms with E-state index in [4.69, 9.17) is 9.72 Å². The zero-order chi connectivity index (χ0) is 21.1. The summed E-state index contributed by atoms with van der Waals surface area (Å²) in [6.45, 7) is 4.55. The van der Waals surface area contributed by atoms with Crippen LogP contribution in [0.3, 0.4) is 0 Å². The van der Waals surface area contributed by atoms with Gasteiger partial charge in [0.2, 0.25) is 0 Å². The zero-order valence-electron chi connectivity index (χ0n) is 17.4. The molecule has 152 valence electrons. The summed E-state index contributed by atoms with van der Waals surface area (Å²) in [5, 5.41) is 3.10. The van der Waals surface area contributed by atoms with Gasteiger partial charge in [0.25, 0.3) is 5.91 Å². The van der Waals surface area contributed by atoms with Gasteiger partial charge in [0.15, 0.2) is 0 Å². The maximum Gasteiger partial charge on any atom is 0.251 e. The first kappa shape index (κ1) is 19.7. The second-order valence-electron chi connectivity index (χ2n) is 7.42. The van der Waals surface area contributed by atoms with E-state index >= 15 is 0 Å². The number of ether oxygens (including phenoxy) is 1. The minimum Gasteiger partial charge on any atom is -0.496 e. The number of imidazole rings is 1. The molecule has 0 radical (unpaired) electrons. The summed E-state index contributed by atoms with van der Waals surface area (Å²) in [6.07, 6.45) is 0. The molecule has 0 bridgehead atoms. The van der Waals surface area contributed by atoms with Crippen molar-refractivity contribution in [3.05, 3.63) is 95.3 Å². The van der Waals surface area contributed by atoms with Gasteiger partial charge >= 0.3 is 0 Å². The maximum atomic E-state index is 12.8. The average Bonchev–Trinajstić information content (AvgIpc) is 3.13. The molecule has 1 aromatic heterocycles. The molecular weight excluding hydrogens is 374 g/mol. The molecule has 4 aromatic rings. The molecule has 4 rings (SSSR count). The van der Waals surface area contributed by atoms with Crippen LogP contribution in [0.1, 0.15) is 40.3 Å². The van der Waals surface area contributed by atoms with Crippen molar-refractivity contribution >= 4 is 16.9 Å². The summed E-state index contributed by atoms with van der Waals surface area (Å²) >= 11 is 0. The lowest BCUT2D eigenvalue weighted by Gasteiger charge is -2.17. The summed E-state index contributed by atoms with van der Waals surface area (Å²) in [4.78, 5) is 17.6. The van der Waals surface area contributed by atoms with E-state index in [9.17, 15) is 4.79 Å². The number of nitrogens with one attached hydrogen (secondary N) is 1. The second-order valence-corrected chi connectivity index (χ2v) is 7.42. The molecule has 5 heteroatoms. The van der Waals surface area contributed by atoms with Crippen molar-refractivity contribution in [2.75, 3.05) is 7.11 Å². The van der Waals surface area contributed by atoms with Crippen molar-refractivity contribution in [2.45, 2.75) is 26.4 Å². The van der Waals surface area contributed by atoms with Crippen LogP contribution in [0.15, 0.2) is 72.8 Å². The van der Waals surface area contributed by atoms with Crippen LogP contribution in [0, 0.1) is 6.92 Å². The van der Waals surface area contributed by atoms with Crippen LogP contribution in [0.25, 0.3) is 11.0 Å². The Morgan fingerprint density at radius 3 is 2.63 bits per heavy atom.